The van der Waals surface area contributed by atoms with Crippen LogP contribution < -0.4 is 11.1 Å². The van der Waals surface area contributed by atoms with Crippen molar-refractivity contribution in [2.75, 3.05) is 19.6 Å². The molecule has 4 heteroatoms. The van der Waals surface area contributed by atoms with E-state index >= 15 is 0 Å². The standard InChI is InChI=1S/C13H25N3O/c1-2-11-5-3-4-9-16(11)10-8-15-12(17)13(14)6-7-13/h11H,2-10,14H2,1H3,(H,15,17). The lowest BCUT2D eigenvalue weighted by atomic mass is 10.0. The maximum absolute atomic E-state index is 11.7. The minimum atomic E-state index is -0.522. The Labute approximate surface area is 104 Å². The highest BCUT2D eigenvalue weighted by Gasteiger charge is 2.45. The summed E-state index contributed by atoms with van der Waals surface area (Å²) < 4.78 is 0. The van der Waals surface area contributed by atoms with Gasteiger partial charge in [-0.2, -0.15) is 0 Å². The van der Waals surface area contributed by atoms with E-state index in [2.05, 4.69) is 17.1 Å². The van der Waals surface area contributed by atoms with Crippen LogP contribution in [-0.4, -0.2) is 42.0 Å². The molecule has 2 aliphatic rings. The molecule has 1 aliphatic heterocycles. The number of nitrogens with one attached hydrogen (secondary N) is 1. The van der Waals surface area contributed by atoms with Crippen molar-refractivity contribution in [1.29, 1.82) is 0 Å². The first-order chi connectivity index (χ1) is 8.15. The van der Waals surface area contributed by atoms with Crippen molar-refractivity contribution in [2.24, 2.45) is 5.73 Å². The van der Waals surface area contributed by atoms with Crippen molar-refractivity contribution < 1.29 is 4.79 Å². The Hall–Kier alpha value is -0.610. The zero-order valence-corrected chi connectivity index (χ0v) is 10.9. The van der Waals surface area contributed by atoms with Gasteiger partial charge in [0.15, 0.2) is 0 Å². The Kier molecular flexibility index (Phi) is 4.05. The third kappa shape index (κ3) is 3.19. The summed E-state index contributed by atoms with van der Waals surface area (Å²) in [6.45, 7) is 5.15. The van der Waals surface area contributed by atoms with E-state index in [1.165, 1.54) is 32.2 Å². The monoisotopic (exact) mass is 239 g/mol. The van der Waals surface area contributed by atoms with E-state index in [1.807, 2.05) is 0 Å². The summed E-state index contributed by atoms with van der Waals surface area (Å²) in [6, 6.07) is 0.716. The summed E-state index contributed by atoms with van der Waals surface area (Å²) >= 11 is 0. The Morgan fingerprint density at radius 2 is 2.24 bits per heavy atom. The predicted molar refractivity (Wildman–Crippen MR) is 68.7 cm³/mol. The van der Waals surface area contributed by atoms with Crippen LogP contribution in [0.15, 0.2) is 0 Å². The summed E-state index contributed by atoms with van der Waals surface area (Å²) in [7, 11) is 0. The smallest absolute Gasteiger partial charge is 0.240 e. The van der Waals surface area contributed by atoms with Gasteiger partial charge in [0.2, 0.25) is 5.91 Å². The molecule has 2 fully saturated rings. The fraction of sp³-hybridized carbons (Fsp3) is 0.923. The number of rotatable bonds is 5. The Bertz CT molecular complexity index is 276. The second-order valence-electron chi connectivity index (χ2n) is 5.51. The molecule has 1 amide bonds. The van der Waals surface area contributed by atoms with Crippen molar-refractivity contribution in [1.82, 2.24) is 10.2 Å². The van der Waals surface area contributed by atoms with E-state index < -0.39 is 5.54 Å². The summed E-state index contributed by atoms with van der Waals surface area (Å²) in [4.78, 5) is 14.2. The molecule has 1 aliphatic carbocycles. The number of carbonyl (C=O) groups is 1. The second-order valence-corrected chi connectivity index (χ2v) is 5.51. The first-order valence-corrected chi connectivity index (χ1v) is 6.97. The first-order valence-electron chi connectivity index (χ1n) is 6.97. The van der Waals surface area contributed by atoms with Crippen LogP contribution >= 0.6 is 0 Å². The number of amides is 1. The topological polar surface area (TPSA) is 58.4 Å². The SMILES string of the molecule is CCC1CCCCN1CCNC(=O)C1(N)CC1. The number of hydrogen-bond acceptors (Lipinski definition) is 3. The molecule has 1 atom stereocenters. The molecule has 2 rings (SSSR count). The fourth-order valence-corrected chi connectivity index (χ4v) is 2.67. The zero-order valence-electron chi connectivity index (χ0n) is 10.9. The molecule has 1 saturated heterocycles. The number of nitrogens with two attached hydrogens (primary N) is 1. The van der Waals surface area contributed by atoms with Crippen LogP contribution in [0.3, 0.4) is 0 Å². The lowest BCUT2D eigenvalue weighted by Crippen LogP contribution is -2.47. The molecule has 1 unspecified atom stereocenters. The summed E-state index contributed by atoms with van der Waals surface area (Å²) in [5, 5.41) is 2.97. The average Bonchev–Trinajstić information content (AvgIpc) is 3.09. The number of nitrogens with zero attached hydrogens (tertiary/aromatic N) is 1. The summed E-state index contributed by atoms with van der Waals surface area (Å²) in [5.41, 5.74) is 5.32. The van der Waals surface area contributed by atoms with Crippen LogP contribution in [-0.2, 0) is 4.79 Å². The summed E-state index contributed by atoms with van der Waals surface area (Å²) in [6.07, 6.45) is 6.87. The molecule has 0 aromatic heterocycles. The lowest BCUT2D eigenvalue weighted by molar-refractivity contribution is -0.123. The lowest BCUT2D eigenvalue weighted by Gasteiger charge is -2.35. The molecule has 4 nitrogen and oxygen atoms in total. The number of piperidine rings is 1. The molecular weight excluding hydrogens is 214 g/mol. The highest BCUT2D eigenvalue weighted by atomic mass is 16.2. The maximum atomic E-state index is 11.7. The summed E-state index contributed by atoms with van der Waals surface area (Å²) in [5.74, 6) is 0.0440. The highest BCUT2D eigenvalue weighted by Crippen LogP contribution is 2.31. The van der Waals surface area contributed by atoms with Gasteiger partial charge in [0.1, 0.15) is 0 Å². The third-order valence-corrected chi connectivity index (χ3v) is 4.15. The van der Waals surface area contributed by atoms with Gasteiger partial charge < -0.3 is 11.1 Å². The molecule has 98 valence electrons. The minimum absolute atomic E-state index is 0.0440. The van der Waals surface area contributed by atoms with Crippen LogP contribution in [0.2, 0.25) is 0 Å². The number of hydrogen-bond donors (Lipinski definition) is 2. The van der Waals surface area contributed by atoms with Crippen LogP contribution in [0.5, 0.6) is 0 Å². The van der Waals surface area contributed by atoms with Crippen molar-refractivity contribution >= 4 is 5.91 Å². The molecule has 0 radical (unpaired) electrons. The van der Waals surface area contributed by atoms with Crippen molar-refractivity contribution in [3.05, 3.63) is 0 Å². The predicted octanol–water partition coefficient (Wildman–Crippen LogP) is 0.858. The van der Waals surface area contributed by atoms with Crippen LogP contribution in [0.25, 0.3) is 0 Å². The van der Waals surface area contributed by atoms with E-state index in [0.717, 1.165) is 25.9 Å². The first kappa shape index (κ1) is 12.8. The fourth-order valence-electron chi connectivity index (χ4n) is 2.67. The van der Waals surface area contributed by atoms with Crippen molar-refractivity contribution in [2.45, 2.75) is 57.0 Å². The van der Waals surface area contributed by atoms with Gasteiger partial charge in [0, 0.05) is 19.1 Å². The molecular formula is C13H25N3O. The zero-order chi connectivity index (χ0) is 12.3. The van der Waals surface area contributed by atoms with Gasteiger partial charge in [-0.25, -0.2) is 0 Å². The Morgan fingerprint density at radius 1 is 1.47 bits per heavy atom. The van der Waals surface area contributed by atoms with Gasteiger partial charge in [0.25, 0.3) is 0 Å². The molecule has 0 aromatic carbocycles. The van der Waals surface area contributed by atoms with E-state index in [-0.39, 0.29) is 5.91 Å². The van der Waals surface area contributed by atoms with Crippen LogP contribution in [0.4, 0.5) is 0 Å². The van der Waals surface area contributed by atoms with Gasteiger partial charge in [-0.05, 0) is 38.6 Å². The molecule has 1 heterocycles. The van der Waals surface area contributed by atoms with Gasteiger partial charge >= 0.3 is 0 Å². The Morgan fingerprint density at radius 3 is 2.88 bits per heavy atom. The van der Waals surface area contributed by atoms with Gasteiger partial charge in [-0.1, -0.05) is 13.3 Å². The van der Waals surface area contributed by atoms with Crippen molar-refractivity contribution in [3.63, 3.8) is 0 Å². The maximum Gasteiger partial charge on any atom is 0.240 e. The third-order valence-electron chi connectivity index (χ3n) is 4.15. The average molecular weight is 239 g/mol. The van der Waals surface area contributed by atoms with Gasteiger partial charge in [-0.3, -0.25) is 9.69 Å². The number of carbonyl (C=O) groups excluding carboxylic acids is 1. The molecule has 17 heavy (non-hydrogen) atoms. The molecule has 0 bridgehead atoms. The second kappa shape index (κ2) is 5.36. The minimum Gasteiger partial charge on any atom is -0.353 e. The van der Waals surface area contributed by atoms with E-state index in [0.29, 0.717) is 6.04 Å². The van der Waals surface area contributed by atoms with E-state index in [9.17, 15) is 4.79 Å². The molecule has 0 aromatic rings. The largest absolute Gasteiger partial charge is 0.353 e. The van der Waals surface area contributed by atoms with Crippen LogP contribution in [0, 0.1) is 0 Å². The Balaban J connectivity index is 1.68. The molecule has 0 spiro atoms. The van der Waals surface area contributed by atoms with Gasteiger partial charge in [0.05, 0.1) is 5.54 Å². The van der Waals surface area contributed by atoms with E-state index in [4.69, 9.17) is 5.73 Å². The van der Waals surface area contributed by atoms with Gasteiger partial charge in [-0.15, -0.1) is 0 Å². The quantitative estimate of drug-likeness (QED) is 0.748. The van der Waals surface area contributed by atoms with E-state index in [1.54, 1.807) is 0 Å². The molecule has 1 saturated carbocycles. The highest BCUT2D eigenvalue weighted by molar-refractivity contribution is 5.88. The molecule has 3 N–H and O–H groups in total. The normalized spacial score (nSPS) is 27.8. The number of likely N-dealkylation sites (tertiary alicyclic amines) is 1. The van der Waals surface area contributed by atoms with Crippen LogP contribution in [0.1, 0.15) is 45.4 Å². The van der Waals surface area contributed by atoms with Crippen molar-refractivity contribution in [3.8, 4) is 0 Å².